The summed E-state index contributed by atoms with van der Waals surface area (Å²) in [6.07, 6.45) is 8.54. The molecule has 0 radical (unpaired) electrons. The van der Waals surface area contributed by atoms with Crippen LogP contribution in [-0.2, 0) is 37.7 Å². The number of nitrogens with zero attached hydrogens (tertiary/aromatic N) is 2. The van der Waals surface area contributed by atoms with Crippen LogP contribution in [0, 0.1) is 24.7 Å². The molecule has 2 N–H and O–H groups in total. The number of anilines is 1. The number of allylic oxidation sites excluding steroid dienone is 1. The highest BCUT2D eigenvalue weighted by molar-refractivity contribution is 7.92. The molecule has 1 spiro atoms. The Bertz CT molecular complexity index is 1960. The zero-order valence-corrected chi connectivity index (χ0v) is 31.3. The van der Waals surface area contributed by atoms with Gasteiger partial charge in [-0.1, -0.05) is 73.2 Å². The lowest BCUT2D eigenvalue weighted by atomic mass is 9.68. The predicted molar refractivity (Wildman–Crippen MR) is 204 cm³/mol. The maximum absolute atomic E-state index is 14.5. The predicted octanol–water partition coefficient (Wildman–Crippen LogP) is 6.35. The minimum atomic E-state index is -3.62. The molecule has 2 aliphatic carbocycles. The van der Waals surface area contributed by atoms with Gasteiger partial charge in [0.25, 0.3) is 11.8 Å². The van der Waals surface area contributed by atoms with Gasteiger partial charge in [-0.25, -0.2) is 4.21 Å². The Kier molecular flexibility index (Phi) is 10.6. The van der Waals surface area contributed by atoms with E-state index in [1.54, 1.807) is 13.2 Å². The van der Waals surface area contributed by atoms with Crippen LogP contribution >= 0.6 is 0 Å². The molecule has 1 saturated carbocycles. The van der Waals surface area contributed by atoms with E-state index in [1.807, 2.05) is 49.4 Å². The number of amides is 2. The monoisotopic (exact) mass is 725 g/mol. The van der Waals surface area contributed by atoms with Gasteiger partial charge in [0.2, 0.25) is 0 Å². The van der Waals surface area contributed by atoms with E-state index in [4.69, 9.17) is 9.47 Å². The zero-order valence-electron chi connectivity index (χ0n) is 30.5. The van der Waals surface area contributed by atoms with E-state index in [2.05, 4.69) is 51.3 Å². The number of benzene rings is 3. The number of ether oxygens (including phenoxy) is 2. The molecule has 2 heterocycles. The average molecular weight is 726 g/mol. The van der Waals surface area contributed by atoms with Crippen LogP contribution in [0.5, 0.6) is 5.75 Å². The topological polar surface area (TPSA) is 118 Å². The Morgan fingerprint density at radius 3 is 2.75 bits per heavy atom. The van der Waals surface area contributed by atoms with Gasteiger partial charge < -0.3 is 19.5 Å². The number of hydrogen-bond donors (Lipinski definition) is 2. The highest BCUT2D eigenvalue weighted by Crippen LogP contribution is 2.47. The minimum absolute atomic E-state index is 0.0429. The van der Waals surface area contributed by atoms with Crippen LogP contribution < -0.4 is 14.4 Å². The molecule has 4 aliphatic rings. The number of nitrogens with one attached hydrogen (secondary N) is 1. The average Bonchev–Trinajstić information content (AvgIpc) is 3.26. The third-order valence-corrected chi connectivity index (χ3v) is 13.5. The molecule has 9 nitrogen and oxygen atoms in total. The van der Waals surface area contributed by atoms with Gasteiger partial charge in [0.05, 0.1) is 24.2 Å². The van der Waals surface area contributed by atoms with Gasteiger partial charge >= 0.3 is 0 Å². The first-order chi connectivity index (χ1) is 25.0. The Morgan fingerprint density at radius 2 is 1.98 bits per heavy atom. The lowest BCUT2D eigenvalue weighted by Crippen LogP contribution is -2.49. The van der Waals surface area contributed by atoms with E-state index in [0.717, 1.165) is 56.4 Å². The fourth-order valence-corrected chi connectivity index (χ4v) is 10.6. The molecule has 7 rings (SSSR count). The Labute approximate surface area is 308 Å². The molecule has 2 bridgehead atoms. The smallest absolute Gasteiger partial charge is 0.286 e. The van der Waals surface area contributed by atoms with E-state index >= 15 is 0 Å². The molecule has 3 aromatic rings. The largest absolute Gasteiger partial charge is 0.490 e. The molecule has 276 valence electrons. The van der Waals surface area contributed by atoms with E-state index in [9.17, 15) is 18.9 Å². The number of carbonyl (C=O) groups excluding carboxylic acids is 2. The molecule has 10 heteroatoms. The summed E-state index contributed by atoms with van der Waals surface area (Å²) >= 11 is 0. The van der Waals surface area contributed by atoms with Crippen molar-refractivity contribution >= 4 is 27.4 Å². The van der Waals surface area contributed by atoms with E-state index in [0.29, 0.717) is 30.6 Å². The van der Waals surface area contributed by atoms with Crippen LogP contribution in [-0.4, -0.2) is 65.9 Å². The van der Waals surface area contributed by atoms with Gasteiger partial charge in [-0.2, -0.15) is 0 Å². The summed E-state index contributed by atoms with van der Waals surface area (Å²) in [5, 5.41) is 10.8. The quantitative estimate of drug-likeness (QED) is 0.295. The van der Waals surface area contributed by atoms with Gasteiger partial charge in [-0.15, -0.1) is 4.36 Å². The van der Waals surface area contributed by atoms with Crippen LogP contribution in [0.25, 0.3) is 0 Å². The second-order valence-electron chi connectivity index (χ2n) is 15.5. The summed E-state index contributed by atoms with van der Waals surface area (Å²) in [7, 11) is -1.86. The van der Waals surface area contributed by atoms with Crippen molar-refractivity contribution in [2.45, 2.75) is 76.4 Å². The van der Waals surface area contributed by atoms with Crippen molar-refractivity contribution in [2.75, 3.05) is 37.5 Å². The van der Waals surface area contributed by atoms with E-state index < -0.39 is 27.8 Å². The van der Waals surface area contributed by atoms with Gasteiger partial charge in [0.15, 0.2) is 0 Å². The molecular formula is C42H51N3O6S. The second kappa shape index (κ2) is 15.2. The Hall–Kier alpha value is -3.99. The zero-order chi connectivity index (χ0) is 36.5. The standard InChI is InChI=1S/C42H51N3O6S/c1-28-14-18-35-31(21-28)12-8-20-42(35)26-45-24-33-15-17-34(33)38(50-3)13-7-9-29(2)25-52(49,44-41(48)37(46)22-30-10-5-4-6-11-30)43-40(47)32-16-19-39(51-27-42)36(45)23-32/h4-7,10-11,13-14,16,18-19,21,23,29,33-34,37-38,46H,8-9,12,15,17,20,22,24-27H2,1-3H3,(H,43,44,47,48,49)/b13-7+/t29-,33-,34+,37+,38-,42-,52-/m0/s1. The SMILES string of the molecule is CO[C@H]1/C=C/C[C@H](C)C[S@@](=O)(NC(=O)[C@H](O)Cc2ccccc2)=NC(=O)c2ccc3c(c2)N(C[C@@H]2CC[C@H]21)C[C@@]1(CCCc2cc(C)ccc21)CO3. The van der Waals surface area contributed by atoms with Crippen molar-refractivity contribution < 1.29 is 28.4 Å². The first-order valence-electron chi connectivity index (χ1n) is 18.7. The third-order valence-electron chi connectivity index (χ3n) is 11.5. The van der Waals surface area contributed by atoms with Crippen LogP contribution in [0.15, 0.2) is 83.2 Å². The number of hydrogen-bond acceptors (Lipinski definition) is 7. The molecule has 3 aromatic carbocycles. The van der Waals surface area contributed by atoms with Crippen molar-refractivity contribution in [1.82, 2.24) is 4.72 Å². The van der Waals surface area contributed by atoms with Crippen LogP contribution in [0.1, 0.15) is 71.6 Å². The fraction of sp³-hybridized carbons (Fsp3) is 0.476. The normalized spacial score (nSPS) is 30.0. The number of methoxy groups -OCH3 is 1. The van der Waals surface area contributed by atoms with Crippen LogP contribution in [0.4, 0.5) is 5.69 Å². The number of rotatable bonds is 5. The van der Waals surface area contributed by atoms with Crippen LogP contribution in [0.2, 0.25) is 0 Å². The summed E-state index contributed by atoms with van der Waals surface area (Å²) in [4.78, 5) is 29.7. The maximum atomic E-state index is 14.5. The number of aliphatic hydroxyl groups is 1. The number of aryl methyl sites for hydroxylation is 2. The first-order valence-corrected chi connectivity index (χ1v) is 20.4. The molecule has 0 unspecified atom stereocenters. The molecule has 0 aromatic heterocycles. The second-order valence-corrected chi connectivity index (χ2v) is 17.5. The van der Waals surface area contributed by atoms with Crippen molar-refractivity contribution in [3.05, 3.63) is 107 Å². The molecule has 2 aliphatic heterocycles. The number of aliphatic hydroxyl groups excluding tert-OH is 1. The van der Waals surface area contributed by atoms with Crippen LogP contribution in [0.3, 0.4) is 0 Å². The van der Waals surface area contributed by atoms with Gasteiger partial charge in [0, 0.05) is 37.6 Å². The summed E-state index contributed by atoms with van der Waals surface area (Å²) in [5.41, 5.74) is 5.63. The van der Waals surface area contributed by atoms with E-state index in [-0.39, 0.29) is 35.2 Å². The Balaban J connectivity index is 1.26. The summed E-state index contributed by atoms with van der Waals surface area (Å²) in [6.45, 7) is 6.13. The van der Waals surface area contributed by atoms with Gasteiger partial charge in [-0.05, 0) is 98.1 Å². The van der Waals surface area contributed by atoms with Crippen molar-refractivity contribution in [2.24, 2.45) is 22.1 Å². The third kappa shape index (κ3) is 7.70. The lowest BCUT2D eigenvalue weighted by molar-refractivity contribution is -0.127. The van der Waals surface area contributed by atoms with Gasteiger partial charge in [0.1, 0.15) is 21.8 Å². The first kappa shape index (κ1) is 36.4. The molecule has 52 heavy (non-hydrogen) atoms. The molecule has 2 amide bonds. The van der Waals surface area contributed by atoms with Crippen molar-refractivity contribution in [1.29, 1.82) is 0 Å². The molecular weight excluding hydrogens is 675 g/mol. The van der Waals surface area contributed by atoms with Crippen molar-refractivity contribution in [3.63, 3.8) is 0 Å². The molecule has 7 atom stereocenters. The summed E-state index contributed by atoms with van der Waals surface area (Å²) in [5.74, 6) is -0.319. The highest BCUT2D eigenvalue weighted by atomic mass is 32.2. The molecule has 1 fully saturated rings. The number of fused-ring (bicyclic) bond motifs is 4. The summed E-state index contributed by atoms with van der Waals surface area (Å²) in [6, 6.07) is 21.3. The highest BCUT2D eigenvalue weighted by Gasteiger charge is 2.44. The minimum Gasteiger partial charge on any atom is -0.490 e. The van der Waals surface area contributed by atoms with Crippen molar-refractivity contribution in [3.8, 4) is 5.75 Å². The maximum Gasteiger partial charge on any atom is 0.286 e. The number of carbonyl (C=O) groups is 2. The van der Waals surface area contributed by atoms with E-state index in [1.165, 1.54) is 16.7 Å². The Morgan fingerprint density at radius 1 is 1.15 bits per heavy atom. The van der Waals surface area contributed by atoms with Gasteiger partial charge in [-0.3, -0.25) is 14.3 Å². The fourth-order valence-electron chi connectivity index (χ4n) is 8.68. The molecule has 0 saturated heterocycles. The summed E-state index contributed by atoms with van der Waals surface area (Å²) < 4.78 is 34.0. The lowest BCUT2D eigenvalue weighted by Gasteiger charge is -2.46.